The number of nitrogens with zero attached hydrogens (tertiary/aromatic N) is 1. The second-order valence-electron chi connectivity index (χ2n) is 9.76. The second-order valence-corrected chi connectivity index (χ2v) is 10.6. The van der Waals surface area contributed by atoms with Gasteiger partial charge in [0.1, 0.15) is 0 Å². The molecule has 0 bridgehead atoms. The van der Waals surface area contributed by atoms with Crippen LogP contribution in [0.15, 0.2) is 47.5 Å². The molecule has 0 spiro atoms. The largest absolute Gasteiger partial charge is 0.389 e. The van der Waals surface area contributed by atoms with Crippen LogP contribution in [0.25, 0.3) is 0 Å². The van der Waals surface area contributed by atoms with E-state index in [0.29, 0.717) is 32.4 Å². The van der Waals surface area contributed by atoms with E-state index in [0.717, 1.165) is 12.8 Å². The van der Waals surface area contributed by atoms with E-state index in [-0.39, 0.29) is 18.8 Å². The average Bonchev–Trinajstić information content (AvgIpc) is 3.66. The number of halogens is 5. The molecular weight excluding hydrogens is 542 g/mol. The summed E-state index contributed by atoms with van der Waals surface area (Å²) in [5.74, 6) is -4.53. The number of ketones is 1. The number of primary amides is 1. The highest BCUT2D eigenvalue weighted by atomic mass is 35.5. The van der Waals surface area contributed by atoms with Crippen molar-refractivity contribution in [2.75, 3.05) is 0 Å². The number of hydrogen-bond donors (Lipinski definition) is 2. The van der Waals surface area contributed by atoms with E-state index in [1.165, 1.54) is 0 Å². The van der Waals surface area contributed by atoms with Gasteiger partial charge in [-0.25, -0.2) is 0 Å². The van der Waals surface area contributed by atoms with Crippen molar-refractivity contribution in [2.24, 2.45) is 28.5 Å². The van der Waals surface area contributed by atoms with Gasteiger partial charge in [0.2, 0.25) is 11.8 Å². The molecular formula is C27H26Cl2F3N3O3. The van der Waals surface area contributed by atoms with Gasteiger partial charge >= 0.3 is 6.18 Å². The van der Waals surface area contributed by atoms with Gasteiger partial charge < -0.3 is 11.1 Å². The zero-order valence-corrected chi connectivity index (χ0v) is 21.7. The molecule has 1 fully saturated rings. The first-order valence-corrected chi connectivity index (χ1v) is 13.0. The molecule has 1 heterocycles. The Hall–Kier alpha value is -2.91. The van der Waals surface area contributed by atoms with Crippen LogP contribution in [0.4, 0.5) is 13.2 Å². The summed E-state index contributed by atoms with van der Waals surface area (Å²) in [7, 11) is 0. The predicted octanol–water partition coefficient (Wildman–Crippen LogP) is 5.26. The normalized spacial score (nSPS) is 19.1. The molecule has 1 saturated carbocycles. The molecule has 0 saturated heterocycles. The van der Waals surface area contributed by atoms with Crippen LogP contribution in [0, 0.1) is 17.8 Å². The molecule has 0 aromatic heterocycles. The maximum absolute atomic E-state index is 13.4. The second kappa shape index (κ2) is 11.5. The Kier molecular flexibility index (Phi) is 8.47. The minimum atomic E-state index is -4.53. The van der Waals surface area contributed by atoms with Gasteiger partial charge in [-0.15, -0.1) is 0 Å². The third-order valence-electron chi connectivity index (χ3n) is 6.88. The van der Waals surface area contributed by atoms with Crippen LogP contribution < -0.4 is 11.1 Å². The van der Waals surface area contributed by atoms with E-state index < -0.39 is 54.6 Å². The summed E-state index contributed by atoms with van der Waals surface area (Å²) in [5, 5.41) is 3.27. The molecule has 3 atom stereocenters. The number of hydrogen-bond acceptors (Lipinski definition) is 4. The van der Waals surface area contributed by atoms with Crippen molar-refractivity contribution >= 4 is 46.5 Å². The minimum absolute atomic E-state index is 0.136. The van der Waals surface area contributed by atoms with E-state index >= 15 is 0 Å². The molecule has 1 aliphatic carbocycles. The lowest BCUT2D eigenvalue weighted by Crippen LogP contribution is -2.47. The van der Waals surface area contributed by atoms with Crippen LogP contribution in [0.2, 0.25) is 10.0 Å². The lowest BCUT2D eigenvalue weighted by atomic mass is 9.83. The predicted molar refractivity (Wildman–Crippen MR) is 138 cm³/mol. The number of rotatable bonds is 9. The van der Waals surface area contributed by atoms with Crippen molar-refractivity contribution in [3.05, 3.63) is 69.2 Å². The van der Waals surface area contributed by atoms with Crippen molar-refractivity contribution in [2.45, 2.75) is 50.9 Å². The highest BCUT2D eigenvalue weighted by molar-refractivity contribution is 6.33. The Labute approximate surface area is 227 Å². The van der Waals surface area contributed by atoms with Crippen LogP contribution in [-0.2, 0) is 20.8 Å². The Morgan fingerprint density at radius 3 is 2.45 bits per heavy atom. The molecule has 38 heavy (non-hydrogen) atoms. The number of Topliss-reactive ketones (excluding diaryl/α,β-unsaturated/α-hetero) is 1. The van der Waals surface area contributed by atoms with Crippen LogP contribution in [0.5, 0.6) is 0 Å². The van der Waals surface area contributed by atoms with E-state index in [9.17, 15) is 27.6 Å². The number of aliphatic imine (C=N–C) groups is 1. The molecule has 0 radical (unpaired) electrons. The number of benzene rings is 2. The average molecular weight is 568 g/mol. The molecule has 11 heteroatoms. The van der Waals surface area contributed by atoms with Gasteiger partial charge in [-0.05, 0) is 42.5 Å². The van der Waals surface area contributed by atoms with Gasteiger partial charge in [0.25, 0.3) is 0 Å². The zero-order valence-electron chi connectivity index (χ0n) is 20.2. The molecule has 2 aromatic carbocycles. The Bertz CT molecular complexity index is 1280. The van der Waals surface area contributed by atoms with Crippen LogP contribution in [0.3, 0.4) is 0 Å². The van der Waals surface area contributed by atoms with E-state index in [1.807, 2.05) is 0 Å². The number of carbonyl (C=O) groups excluding carboxylic acids is 3. The molecule has 0 unspecified atom stereocenters. The summed E-state index contributed by atoms with van der Waals surface area (Å²) < 4.78 is 39.3. The SMILES string of the molecule is NC(=O)[C@@H](CC1CC1)[C@@H](CCC(F)(F)F)C(=O)N[C@H]1N=C(c2cccc(Cl)c2)c2cccc(Cl)c2CC1=O. The van der Waals surface area contributed by atoms with Crippen LogP contribution in [-0.4, -0.2) is 35.7 Å². The smallest absolute Gasteiger partial charge is 0.369 e. The number of alkyl halides is 3. The summed E-state index contributed by atoms with van der Waals surface area (Å²) in [6, 6.07) is 11.8. The fourth-order valence-corrected chi connectivity index (χ4v) is 5.18. The van der Waals surface area contributed by atoms with Crippen molar-refractivity contribution in [3.63, 3.8) is 0 Å². The number of nitrogens with one attached hydrogen (secondary N) is 1. The third kappa shape index (κ3) is 6.94. The van der Waals surface area contributed by atoms with Gasteiger partial charge in [-0.3, -0.25) is 19.4 Å². The van der Waals surface area contributed by atoms with E-state index in [1.54, 1.807) is 42.5 Å². The summed E-state index contributed by atoms with van der Waals surface area (Å²) in [5.41, 5.74) is 7.53. The van der Waals surface area contributed by atoms with Crippen LogP contribution in [0.1, 0.15) is 48.8 Å². The molecule has 6 nitrogen and oxygen atoms in total. The maximum Gasteiger partial charge on any atom is 0.389 e. The van der Waals surface area contributed by atoms with Crippen molar-refractivity contribution in [3.8, 4) is 0 Å². The molecule has 202 valence electrons. The van der Waals surface area contributed by atoms with E-state index in [4.69, 9.17) is 28.9 Å². The topological polar surface area (TPSA) is 102 Å². The number of amides is 2. The summed E-state index contributed by atoms with van der Waals surface area (Å²) in [6.45, 7) is 0. The lowest BCUT2D eigenvalue weighted by Gasteiger charge is -2.26. The Balaban J connectivity index is 1.69. The fraction of sp³-hybridized carbons (Fsp3) is 0.407. The van der Waals surface area contributed by atoms with Crippen molar-refractivity contribution in [1.82, 2.24) is 5.32 Å². The first kappa shape index (κ1) is 28.1. The van der Waals surface area contributed by atoms with Gasteiger partial charge in [0.15, 0.2) is 11.9 Å². The van der Waals surface area contributed by atoms with Gasteiger partial charge in [0.05, 0.1) is 5.71 Å². The summed E-state index contributed by atoms with van der Waals surface area (Å²) >= 11 is 12.6. The molecule has 2 amide bonds. The highest BCUT2D eigenvalue weighted by Gasteiger charge is 2.41. The van der Waals surface area contributed by atoms with Crippen LogP contribution >= 0.6 is 23.2 Å². The lowest BCUT2D eigenvalue weighted by molar-refractivity contribution is -0.146. The molecule has 3 N–H and O–H groups in total. The monoisotopic (exact) mass is 567 g/mol. The Morgan fingerprint density at radius 2 is 1.82 bits per heavy atom. The molecule has 2 aliphatic rings. The fourth-order valence-electron chi connectivity index (χ4n) is 4.75. The molecule has 4 rings (SSSR count). The highest BCUT2D eigenvalue weighted by Crippen LogP contribution is 2.39. The minimum Gasteiger partial charge on any atom is -0.369 e. The van der Waals surface area contributed by atoms with E-state index in [2.05, 4.69) is 10.3 Å². The standard InChI is InChI=1S/C27H26Cl2F3N3O3/c28-16-4-1-3-15(12-16)23-17-5-2-6-21(29)19(17)13-22(36)25(34-23)35-26(38)18(9-10-27(30,31)32)20(24(33)37)11-14-7-8-14/h1-6,12,14,18,20,25H,7-11,13H2,(H2,33,37)(H,35,38)/t18-,20+,25-/m1/s1. The molecule has 2 aromatic rings. The van der Waals surface area contributed by atoms with Crippen molar-refractivity contribution in [1.29, 1.82) is 0 Å². The molecule has 1 aliphatic heterocycles. The Morgan fingerprint density at radius 1 is 1.11 bits per heavy atom. The first-order chi connectivity index (χ1) is 17.9. The van der Waals surface area contributed by atoms with Crippen molar-refractivity contribution < 1.29 is 27.6 Å². The quantitative estimate of drug-likeness (QED) is 0.432. The number of carbonyl (C=O) groups is 3. The third-order valence-corrected chi connectivity index (χ3v) is 7.47. The van der Waals surface area contributed by atoms with Gasteiger partial charge in [-0.1, -0.05) is 60.3 Å². The summed E-state index contributed by atoms with van der Waals surface area (Å²) in [4.78, 5) is 43.5. The van der Waals surface area contributed by atoms with Gasteiger partial charge in [0, 0.05) is 45.8 Å². The summed E-state index contributed by atoms with van der Waals surface area (Å²) in [6.07, 6.45) is -6.14. The zero-order chi connectivity index (χ0) is 27.6. The first-order valence-electron chi connectivity index (χ1n) is 12.2. The number of fused-ring (bicyclic) bond motifs is 1. The maximum atomic E-state index is 13.4. The van der Waals surface area contributed by atoms with Gasteiger partial charge in [-0.2, -0.15) is 13.2 Å². The number of nitrogens with two attached hydrogens (primary N) is 1.